The molecular weight excluding hydrogens is 438 g/mol. The second-order valence-electron chi connectivity index (χ2n) is 8.21. The number of rotatable bonds is 11. The second-order valence-corrected chi connectivity index (χ2v) is 10.1. The number of nitrogens with one attached hydrogen (secondary N) is 1. The highest BCUT2D eigenvalue weighted by molar-refractivity contribution is 7.92. The van der Waals surface area contributed by atoms with Crippen molar-refractivity contribution in [3.8, 4) is 5.75 Å². The molecule has 0 bridgehead atoms. The van der Waals surface area contributed by atoms with Crippen LogP contribution < -0.4 is 14.4 Å². The molecule has 33 heavy (non-hydrogen) atoms. The van der Waals surface area contributed by atoms with Gasteiger partial charge in [-0.15, -0.1) is 0 Å². The van der Waals surface area contributed by atoms with Gasteiger partial charge in [-0.1, -0.05) is 31.0 Å². The summed E-state index contributed by atoms with van der Waals surface area (Å²) in [4.78, 5) is 15.3. The van der Waals surface area contributed by atoms with Crippen LogP contribution in [0, 0.1) is 0 Å². The van der Waals surface area contributed by atoms with Gasteiger partial charge in [0.1, 0.15) is 12.3 Å². The Balaban J connectivity index is 1.63. The van der Waals surface area contributed by atoms with Crippen molar-refractivity contribution in [2.75, 3.05) is 43.6 Å². The molecule has 2 aromatic rings. The number of nitrogens with zero attached hydrogens (tertiary/aromatic N) is 2. The van der Waals surface area contributed by atoms with E-state index < -0.39 is 10.0 Å². The number of benzene rings is 2. The standard InChI is InChI=1S/C25H35N3O4S/c1-2-32-23-13-15-24(16-14-23)33(30,31)28(22-11-6-5-7-12-22)21-25(29)26-17-10-20-27-18-8-3-4-9-19-27/h5-7,11-16H,2-4,8-10,17-21H2,1H3,(H,26,29). The second kappa shape index (κ2) is 12.6. The molecule has 1 aliphatic rings. The average Bonchev–Trinajstić information content (AvgIpc) is 3.10. The average molecular weight is 474 g/mol. The van der Waals surface area contributed by atoms with Crippen LogP contribution in [0.5, 0.6) is 5.75 Å². The summed E-state index contributed by atoms with van der Waals surface area (Å²) in [6, 6.07) is 15.0. The molecule has 1 aliphatic heterocycles. The number of ether oxygens (including phenoxy) is 1. The lowest BCUT2D eigenvalue weighted by Gasteiger charge is -2.24. The van der Waals surface area contributed by atoms with Crippen LogP contribution in [0.25, 0.3) is 0 Å². The van der Waals surface area contributed by atoms with E-state index in [9.17, 15) is 13.2 Å². The molecule has 0 aliphatic carbocycles. The Kier molecular flexibility index (Phi) is 9.57. The summed E-state index contributed by atoms with van der Waals surface area (Å²) in [6.07, 6.45) is 5.92. The smallest absolute Gasteiger partial charge is 0.264 e. The highest BCUT2D eigenvalue weighted by Crippen LogP contribution is 2.25. The number of hydrogen-bond donors (Lipinski definition) is 1. The molecule has 1 N–H and O–H groups in total. The number of para-hydroxylation sites is 1. The molecule has 8 heteroatoms. The van der Waals surface area contributed by atoms with E-state index in [2.05, 4.69) is 10.2 Å². The van der Waals surface area contributed by atoms with Crippen molar-refractivity contribution >= 4 is 21.6 Å². The van der Waals surface area contributed by atoms with Crippen LogP contribution in [0.4, 0.5) is 5.69 Å². The van der Waals surface area contributed by atoms with Gasteiger partial charge in [-0.2, -0.15) is 0 Å². The van der Waals surface area contributed by atoms with Gasteiger partial charge in [-0.05, 0) is 82.2 Å². The van der Waals surface area contributed by atoms with Gasteiger partial charge < -0.3 is 15.0 Å². The lowest BCUT2D eigenvalue weighted by atomic mass is 10.2. The van der Waals surface area contributed by atoms with E-state index in [1.54, 1.807) is 36.4 Å². The van der Waals surface area contributed by atoms with Gasteiger partial charge in [0, 0.05) is 6.54 Å². The van der Waals surface area contributed by atoms with Crippen molar-refractivity contribution in [1.82, 2.24) is 10.2 Å². The summed E-state index contributed by atoms with van der Waals surface area (Å²) in [5.41, 5.74) is 0.450. The molecule has 1 heterocycles. The van der Waals surface area contributed by atoms with E-state index in [4.69, 9.17) is 4.74 Å². The zero-order chi connectivity index (χ0) is 23.5. The summed E-state index contributed by atoms with van der Waals surface area (Å²) in [7, 11) is -3.92. The minimum Gasteiger partial charge on any atom is -0.494 e. The van der Waals surface area contributed by atoms with Crippen LogP contribution in [0.3, 0.4) is 0 Å². The van der Waals surface area contributed by atoms with Crippen LogP contribution in [0.15, 0.2) is 59.5 Å². The summed E-state index contributed by atoms with van der Waals surface area (Å²) in [5, 5.41) is 2.90. The zero-order valence-electron chi connectivity index (χ0n) is 19.4. The molecule has 2 aromatic carbocycles. The topological polar surface area (TPSA) is 79.0 Å². The molecule has 1 fully saturated rings. The molecule has 0 aromatic heterocycles. The number of anilines is 1. The van der Waals surface area contributed by atoms with Crippen molar-refractivity contribution < 1.29 is 17.9 Å². The Hall–Kier alpha value is -2.58. The van der Waals surface area contributed by atoms with E-state index in [-0.39, 0.29) is 17.3 Å². The van der Waals surface area contributed by atoms with E-state index in [0.29, 0.717) is 24.6 Å². The third-order valence-corrected chi connectivity index (χ3v) is 7.51. The largest absolute Gasteiger partial charge is 0.494 e. The van der Waals surface area contributed by atoms with E-state index in [1.165, 1.54) is 37.8 Å². The fourth-order valence-corrected chi connectivity index (χ4v) is 5.41. The molecule has 1 amide bonds. The van der Waals surface area contributed by atoms with Crippen molar-refractivity contribution in [1.29, 1.82) is 0 Å². The quantitative estimate of drug-likeness (QED) is 0.504. The van der Waals surface area contributed by atoms with Gasteiger partial charge in [0.2, 0.25) is 5.91 Å². The van der Waals surface area contributed by atoms with Gasteiger partial charge in [0.25, 0.3) is 10.0 Å². The first-order chi connectivity index (χ1) is 16.0. The third-order valence-electron chi connectivity index (χ3n) is 5.73. The van der Waals surface area contributed by atoms with Crippen LogP contribution in [0.2, 0.25) is 0 Å². The first-order valence-electron chi connectivity index (χ1n) is 11.8. The molecule has 180 valence electrons. The number of likely N-dealkylation sites (tertiary alicyclic amines) is 1. The van der Waals surface area contributed by atoms with Gasteiger partial charge >= 0.3 is 0 Å². The molecule has 0 spiro atoms. The summed E-state index contributed by atoms with van der Waals surface area (Å²) in [5.74, 6) is 0.286. The normalized spacial score (nSPS) is 14.9. The predicted octanol–water partition coefficient (Wildman–Crippen LogP) is 3.66. The number of carbonyl (C=O) groups excluding carboxylic acids is 1. The SMILES string of the molecule is CCOc1ccc(S(=O)(=O)N(CC(=O)NCCCN2CCCCCC2)c2ccccc2)cc1. The van der Waals surface area contributed by atoms with Crippen LogP contribution in [-0.4, -0.2) is 58.6 Å². The van der Waals surface area contributed by atoms with Gasteiger partial charge in [-0.25, -0.2) is 8.42 Å². The van der Waals surface area contributed by atoms with Crippen LogP contribution in [-0.2, 0) is 14.8 Å². The van der Waals surface area contributed by atoms with Crippen molar-refractivity contribution in [2.45, 2.75) is 43.9 Å². The Labute approximate surface area is 197 Å². The fourth-order valence-electron chi connectivity index (χ4n) is 3.99. The van der Waals surface area contributed by atoms with E-state index >= 15 is 0 Å². The molecule has 3 rings (SSSR count). The number of sulfonamides is 1. The Morgan fingerprint density at radius 2 is 1.67 bits per heavy atom. The third kappa shape index (κ3) is 7.47. The van der Waals surface area contributed by atoms with E-state index in [0.717, 1.165) is 30.4 Å². The van der Waals surface area contributed by atoms with Gasteiger partial charge in [0.05, 0.1) is 17.2 Å². The molecule has 0 radical (unpaired) electrons. The summed E-state index contributed by atoms with van der Waals surface area (Å²) >= 11 is 0. The van der Waals surface area contributed by atoms with Crippen LogP contribution in [0.1, 0.15) is 39.0 Å². The fraction of sp³-hybridized carbons (Fsp3) is 0.480. The molecule has 0 atom stereocenters. The minimum atomic E-state index is -3.92. The Morgan fingerprint density at radius 3 is 2.30 bits per heavy atom. The van der Waals surface area contributed by atoms with Gasteiger partial charge in [0.15, 0.2) is 0 Å². The minimum absolute atomic E-state index is 0.115. The maximum absolute atomic E-state index is 13.4. The van der Waals surface area contributed by atoms with Crippen molar-refractivity contribution in [3.63, 3.8) is 0 Å². The zero-order valence-corrected chi connectivity index (χ0v) is 20.2. The molecule has 1 saturated heterocycles. The summed E-state index contributed by atoms with van der Waals surface area (Å²) < 4.78 is 33.4. The number of hydrogen-bond acceptors (Lipinski definition) is 5. The molecule has 0 saturated carbocycles. The molecule has 7 nitrogen and oxygen atoms in total. The van der Waals surface area contributed by atoms with Gasteiger partial charge in [-0.3, -0.25) is 9.10 Å². The first-order valence-corrected chi connectivity index (χ1v) is 13.2. The molecule has 0 unspecified atom stereocenters. The highest BCUT2D eigenvalue weighted by atomic mass is 32.2. The first kappa shape index (κ1) is 25.1. The Morgan fingerprint density at radius 1 is 1.00 bits per heavy atom. The summed E-state index contributed by atoms with van der Waals surface area (Å²) in [6.45, 7) is 5.82. The number of carbonyl (C=O) groups is 1. The van der Waals surface area contributed by atoms with Crippen molar-refractivity contribution in [3.05, 3.63) is 54.6 Å². The van der Waals surface area contributed by atoms with Crippen molar-refractivity contribution in [2.24, 2.45) is 0 Å². The maximum Gasteiger partial charge on any atom is 0.264 e. The highest BCUT2D eigenvalue weighted by Gasteiger charge is 2.27. The lowest BCUT2D eigenvalue weighted by molar-refractivity contribution is -0.119. The Bertz CT molecular complexity index is 957. The molecular formula is C25H35N3O4S. The predicted molar refractivity (Wildman–Crippen MR) is 131 cm³/mol. The lowest BCUT2D eigenvalue weighted by Crippen LogP contribution is -2.41. The van der Waals surface area contributed by atoms with Crippen LogP contribution >= 0.6 is 0 Å². The number of amides is 1. The monoisotopic (exact) mass is 473 g/mol. The van der Waals surface area contributed by atoms with E-state index in [1.807, 2.05) is 13.0 Å². The maximum atomic E-state index is 13.4.